The van der Waals surface area contributed by atoms with Crippen molar-refractivity contribution in [2.45, 2.75) is 33.7 Å². The topological polar surface area (TPSA) is 44.4 Å². The third kappa shape index (κ3) is 3.75. The van der Waals surface area contributed by atoms with Gasteiger partial charge in [0.15, 0.2) is 5.11 Å². The highest BCUT2D eigenvalue weighted by Crippen LogP contribution is 2.30. The molecule has 2 rings (SSSR count). The van der Waals surface area contributed by atoms with Gasteiger partial charge in [0.25, 0.3) is 5.91 Å². The Morgan fingerprint density at radius 2 is 1.96 bits per heavy atom. The van der Waals surface area contributed by atoms with Crippen molar-refractivity contribution in [1.29, 1.82) is 0 Å². The summed E-state index contributed by atoms with van der Waals surface area (Å²) in [6.45, 7) is 9.28. The minimum Gasteiger partial charge on any atom is -0.351 e. The Labute approximate surface area is 151 Å². The third-order valence-corrected chi connectivity index (χ3v) is 5.15. The van der Waals surface area contributed by atoms with Crippen LogP contribution in [0.3, 0.4) is 0 Å². The van der Waals surface area contributed by atoms with Crippen molar-refractivity contribution < 1.29 is 4.79 Å². The van der Waals surface area contributed by atoms with Crippen LogP contribution in [0.1, 0.15) is 37.9 Å². The maximum atomic E-state index is 12.9. The zero-order valence-electron chi connectivity index (χ0n) is 13.9. The molecule has 4 nitrogen and oxygen atoms in total. The summed E-state index contributed by atoms with van der Waals surface area (Å²) < 4.78 is 1.02. The second-order valence-electron chi connectivity index (χ2n) is 5.56. The van der Waals surface area contributed by atoms with Crippen LogP contribution in [0, 0.1) is 6.92 Å². The smallest absolute Gasteiger partial charge is 0.253 e. The van der Waals surface area contributed by atoms with Gasteiger partial charge in [-0.05, 0) is 57.1 Å². The summed E-state index contributed by atoms with van der Waals surface area (Å²) in [6.07, 6.45) is 0. The largest absolute Gasteiger partial charge is 0.351 e. The molecule has 1 amide bonds. The van der Waals surface area contributed by atoms with E-state index in [-0.39, 0.29) is 11.9 Å². The number of thiocarbonyl (C=S) groups is 1. The molecule has 0 aliphatic carbocycles. The lowest BCUT2D eigenvalue weighted by atomic mass is 9.94. The van der Waals surface area contributed by atoms with Crippen LogP contribution in [0.2, 0.25) is 0 Å². The number of hydrogen-bond acceptors (Lipinski definition) is 2. The van der Waals surface area contributed by atoms with Crippen LogP contribution >= 0.6 is 28.1 Å². The Morgan fingerprint density at radius 1 is 1.30 bits per heavy atom. The molecule has 1 aliphatic rings. The van der Waals surface area contributed by atoms with Gasteiger partial charge in [-0.2, -0.15) is 0 Å². The van der Waals surface area contributed by atoms with E-state index in [1.54, 1.807) is 0 Å². The fraction of sp³-hybridized carbons (Fsp3) is 0.412. The van der Waals surface area contributed by atoms with Gasteiger partial charge in [-0.25, -0.2) is 0 Å². The van der Waals surface area contributed by atoms with Crippen molar-refractivity contribution in [3.05, 3.63) is 45.1 Å². The molecule has 124 valence electrons. The Morgan fingerprint density at radius 3 is 2.52 bits per heavy atom. The van der Waals surface area contributed by atoms with E-state index in [4.69, 9.17) is 12.2 Å². The summed E-state index contributed by atoms with van der Waals surface area (Å²) in [5.74, 6) is 0.0386. The molecular weight excluding hydrogens is 374 g/mol. The number of benzene rings is 1. The molecule has 6 heteroatoms. The highest BCUT2D eigenvalue weighted by molar-refractivity contribution is 9.10. The molecule has 0 bridgehead atoms. The van der Waals surface area contributed by atoms with Crippen molar-refractivity contribution >= 4 is 39.2 Å². The maximum Gasteiger partial charge on any atom is 0.253 e. The first-order valence-electron chi connectivity index (χ1n) is 7.72. The monoisotopic (exact) mass is 395 g/mol. The van der Waals surface area contributed by atoms with Crippen molar-refractivity contribution in [2.24, 2.45) is 0 Å². The van der Waals surface area contributed by atoms with Crippen LogP contribution in [0.25, 0.3) is 0 Å². The fourth-order valence-electron chi connectivity index (χ4n) is 2.70. The van der Waals surface area contributed by atoms with E-state index >= 15 is 0 Å². The number of hydrogen-bond donors (Lipinski definition) is 2. The first-order valence-corrected chi connectivity index (χ1v) is 8.92. The molecule has 0 saturated heterocycles. The molecular formula is C17H22BrN3OS. The molecule has 1 heterocycles. The number of likely N-dealkylation sites (N-methyl/N-ethyl adjacent to an activating group) is 1. The number of carbonyl (C=O) groups is 1. The van der Waals surface area contributed by atoms with E-state index in [2.05, 4.69) is 26.6 Å². The zero-order chi connectivity index (χ0) is 17.1. The van der Waals surface area contributed by atoms with Gasteiger partial charge in [0.2, 0.25) is 0 Å². The lowest BCUT2D eigenvalue weighted by Gasteiger charge is -2.33. The summed E-state index contributed by atoms with van der Waals surface area (Å²) >= 11 is 8.86. The second kappa shape index (κ2) is 7.45. The lowest BCUT2D eigenvalue weighted by molar-refractivity contribution is -0.127. The van der Waals surface area contributed by atoms with Crippen molar-refractivity contribution in [3.8, 4) is 0 Å². The SMILES string of the molecule is CCN(CC)C(=O)C1=C(C)NC(=S)N[C@@H]1c1ccc(C)c(Br)c1. The molecule has 0 fully saturated rings. The number of halogens is 1. The Bertz CT molecular complexity index is 668. The van der Waals surface area contributed by atoms with E-state index < -0.39 is 0 Å². The van der Waals surface area contributed by atoms with Crippen molar-refractivity contribution in [2.75, 3.05) is 13.1 Å². The second-order valence-corrected chi connectivity index (χ2v) is 6.82. The van der Waals surface area contributed by atoms with Crippen LogP contribution < -0.4 is 10.6 Å². The average Bonchev–Trinajstić information content (AvgIpc) is 2.50. The van der Waals surface area contributed by atoms with E-state index in [0.717, 1.165) is 26.9 Å². The maximum absolute atomic E-state index is 12.9. The number of nitrogens with one attached hydrogen (secondary N) is 2. The van der Waals surface area contributed by atoms with Crippen molar-refractivity contribution in [1.82, 2.24) is 15.5 Å². The van der Waals surface area contributed by atoms with Gasteiger partial charge < -0.3 is 15.5 Å². The minimum absolute atomic E-state index is 0.0386. The summed E-state index contributed by atoms with van der Waals surface area (Å²) in [5.41, 5.74) is 3.70. The summed E-state index contributed by atoms with van der Waals surface area (Å²) in [4.78, 5) is 14.8. The molecule has 23 heavy (non-hydrogen) atoms. The predicted molar refractivity (Wildman–Crippen MR) is 101 cm³/mol. The Hall–Kier alpha value is -1.40. The molecule has 0 saturated carbocycles. The van der Waals surface area contributed by atoms with Gasteiger partial charge >= 0.3 is 0 Å². The van der Waals surface area contributed by atoms with Crippen LogP contribution in [-0.2, 0) is 4.79 Å². The summed E-state index contributed by atoms with van der Waals surface area (Å²) in [6, 6.07) is 5.88. The minimum atomic E-state index is -0.242. The average molecular weight is 396 g/mol. The van der Waals surface area contributed by atoms with E-state index in [0.29, 0.717) is 18.2 Å². The standard InChI is InChI=1S/C17H22BrN3OS/c1-5-21(6-2)16(22)14-11(4)19-17(23)20-15(14)12-8-7-10(3)13(18)9-12/h7-9,15H,5-6H2,1-4H3,(H2,19,20,23)/t15-/m1/s1. The molecule has 2 N–H and O–H groups in total. The number of amides is 1. The molecule has 1 aromatic rings. The van der Waals surface area contributed by atoms with Gasteiger partial charge in [-0.1, -0.05) is 28.1 Å². The molecule has 0 aromatic heterocycles. The predicted octanol–water partition coefficient (Wildman–Crippen LogP) is 3.42. The van der Waals surface area contributed by atoms with Crippen LogP contribution in [0.5, 0.6) is 0 Å². The van der Waals surface area contributed by atoms with E-state index in [9.17, 15) is 4.79 Å². The summed E-state index contributed by atoms with van der Waals surface area (Å²) in [7, 11) is 0. The number of rotatable bonds is 4. The third-order valence-electron chi connectivity index (χ3n) is 4.08. The van der Waals surface area contributed by atoms with Crippen molar-refractivity contribution in [3.63, 3.8) is 0 Å². The molecule has 1 atom stereocenters. The van der Waals surface area contributed by atoms with Crippen LogP contribution in [0.4, 0.5) is 0 Å². The Kier molecular flexibility index (Phi) is 5.81. The van der Waals surface area contributed by atoms with Gasteiger partial charge in [0, 0.05) is 23.3 Å². The van der Waals surface area contributed by atoms with Crippen LogP contribution in [-0.4, -0.2) is 29.0 Å². The van der Waals surface area contributed by atoms with Gasteiger partial charge in [0.05, 0.1) is 11.6 Å². The van der Waals surface area contributed by atoms with Gasteiger partial charge in [-0.3, -0.25) is 4.79 Å². The van der Waals surface area contributed by atoms with Crippen LogP contribution in [0.15, 0.2) is 33.9 Å². The van der Waals surface area contributed by atoms with Gasteiger partial charge in [-0.15, -0.1) is 0 Å². The van der Waals surface area contributed by atoms with E-state index in [1.807, 2.05) is 50.8 Å². The van der Waals surface area contributed by atoms with E-state index in [1.165, 1.54) is 0 Å². The number of allylic oxidation sites excluding steroid dienone is 1. The normalized spacial score (nSPS) is 17.6. The molecule has 0 radical (unpaired) electrons. The molecule has 0 unspecified atom stereocenters. The van der Waals surface area contributed by atoms with Gasteiger partial charge in [0.1, 0.15) is 0 Å². The molecule has 1 aliphatic heterocycles. The number of nitrogens with zero attached hydrogens (tertiary/aromatic N) is 1. The lowest BCUT2D eigenvalue weighted by Crippen LogP contribution is -2.47. The molecule has 0 spiro atoms. The Balaban J connectivity index is 2.49. The molecule has 1 aromatic carbocycles. The highest BCUT2D eigenvalue weighted by Gasteiger charge is 2.31. The fourth-order valence-corrected chi connectivity index (χ4v) is 3.36. The number of carbonyl (C=O) groups excluding carboxylic acids is 1. The number of aryl methyl sites for hydroxylation is 1. The highest BCUT2D eigenvalue weighted by atomic mass is 79.9. The first kappa shape index (κ1) is 17.9. The zero-order valence-corrected chi connectivity index (χ0v) is 16.3. The quantitative estimate of drug-likeness (QED) is 0.766. The first-order chi connectivity index (χ1) is 10.9. The summed E-state index contributed by atoms with van der Waals surface area (Å²) in [5, 5.41) is 6.86.